The smallest absolute Gasteiger partial charge is 0.318 e. The number of rotatable bonds is 6. The van der Waals surface area contributed by atoms with Gasteiger partial charge >= 0.3 is 12.0 Å². The predicted octanol–water partition coefficient (Wildman–Crippen LogP) is 1.84. The van der Waals surface area contributed by atoms with E-state index in [1.165, 1.54) is 0 Å². The van der Waals surface area contributed by atoms with Crippen molar-refractivity contribution in [3.05, 3.63) is 0 Å². The molecule has 6 nitrogen and oxygen atoms in total. The maximum Gasteiger partial charge on any atom is 0.318 e. The van der Waals surface area contributed by atoms with Crippen LogP contribution >= 0.6 is 0 Å². The molecule has 2 fully saturated rings. The second kappa shape index (κ2) is 7.11. The number of nitrogens with zero attached hydrogens (tertiary/aromatic N) is 1. The van der Waals surface area contributed by atoms with E-state index in [0.29, 0.717) is 13.2 Å². The summed E-state index contributed by atoms with van der Waals surface area (Å²) in [6.45, 7) is 5.04. The Hall–Kier alpha value is -1.30. The SMILES string of the molecule is CCOCC(C)NC(=O)N1C2CCC1CC(CC(=O)O)C2. The highest BCUT2D eigenvalue weighted by molar-refractivity contribution is 5.76. The van der Waals surface area contributed by atoms with E-state index in [4.69, 9.17) is 9.84 Å². The number of hydrogen-bond donors (Lipinski definition) is 2. The first-order valence-corrected chi connectivity index (χ1v) is 7.89. The standard InChI is InChI=1S/C15H26N2O4/c1-3-21-9-10(2)16-15(20)17-12-4-5-13(17)7-11(6-12)8-14(18)19/h10-13H,3-9H2,1-2H3,(H,16,20)(H,18,19). The van der Waals surface area contributed by atoms with E-state index >= 15 is 0 Å². The Balaban J connectivity index is 1.87. The van der Waals surface area contributed by atoms with Gasteiger partial charge in [-0.1, -0.05) is 0 Å². The van der Waals surface area contributed by atoms with Crippen molar-refractivity contribution < 1.29 is 19.4 Å². The minimum Gasteiger partial charge on any atom is -0.481 e. The molecular formula is C15H26N2O4. The van der Waals surface area contributed by atoms with Gasteiger partial charge in [-0.05, 0) is 45.4 Å². The zero-order valence-electron chi connectivity index (χ0n) is 12.9. The summed E-state index contributed by atoms with van der Waals surface area (Å²) in [6.07, 6.45) is 3.84. The van der Waals surface area contributed by atoms with Gasteiger partial charge in [0.1, 0.15) is 0 Å². The first-order chi connectivity index (χ1) is 10.0. The van der Waals surface area contributed by atoms with Gasteiger partial charge in [-0.2, -0.15) is 0 Å². The molecule has 2 aliphatic rings. The zero-order valence-corrected chi connectivity index (χ0v) is 12.9. The van der Waals surface area contributed by atoms with Gasteiger partial charge in [-0.3, -0.25) is 4.79 Å². The molecule has 2 bridgehead atoms. The number of carbonyl (C=O) groups is 2. The first kappa shape index (κ1) is 16.1. The molecule has 120 valence electrons. The van der Waals surface area contributed by atoms with E-state index in [-0.39, 0.29) is 36.5 Å². The number of carboxylic acid groups (broad SMARTS) is 1. The number of aliphatic carboxylic acids is 1. The topological polar surface area (TPSA) is 78.9 Å². The Morgan fingerprint density at radius 2 is 1.95 bits per heavy atom. The molecule has 2 saturated heterocycles. The summed E-state index contributed by atoms with van der Waals surface area (Å²) in [5.41, 5.74) is 0. The monoisotopic (exact) mass is 298 g/mol. The lowest BCUT2D eigenvalue weighted by molar-refractivity contribution is -0.138. The van der Waals surface area contributed by atoms with Gasteiger partial charge in [0, 0.05) is 25.1 Å². The fourth-order valence-corrected chi connectivity index (χ4v) is 3.66. The van der Waals surface area contributed by atoms with Gasteiger partial charge in [0.2, 0.25) is 0 Å². The molecule has 2 amide bonds. The van der Waals surface area contributed by atoms with Crippen molar-refractivity contribution in [2.24, 2.45) is 5.92 Å². The maximum atomic E-state index is 12.4. The minimum atomic E-state index is -0.734. The van der Waals surface area contributed by atoms with Crippen molar-refractivity contribution >= 4 is 12.0 Å². The zero-order chi connectivity index (χ0) is 15.4. The van der Waals surface area contributed by atoms with Crippen molar-refractivity contribution in [2.75, 3.05) is 13.2 Å². The van der Waals surface area contributed by atoms with Gasteiger partial charge in [-0.15, -0.1) is 0 Å². The third kappa shape index (κ3) is 4.09. The number of fused-ring (bicyclic) bond motifs is 2. The van der Waals surface area contributed by atoms with E-state index in [1.807, 2.05) is 18.7 Å². The summed E-state index contributed by atoms with van der Waals surface area (Å²) in [6, 6.07) is 0.372. The molecule has 2 aliphatic heterocycles. The molecule has 0 saturated carbocycles. The van der Waals surface area contributed by atoms with E-state index in [2.05, 4.69) is 5.32 Å². The fraction of sp³-hybridized carbons (Fsp3) is 0.867. The van der Waals surface area contributed by atoms with E-state index in [0.717, 1.165) is 25.7 Å². The Morgan fingerprint density at radius 1 is 1.33 bits per heavy atom. The summed E-state index contributed by atoms with van der Waals surface area (Å²) >= 11 is 0. The number of urea groups is 1. The largest absolute Gasteiger partial charge is 0.481 e. The highest BCUT2D eigenvalue weighted by Crippen LogP contribution is 2.39. The number of hydrogen-bond acceptors (Lipinski definition) is 3. The van der Waals surface area contributed by atoms with Crippen molar-refractivity contribution in [3.63, 3.8) is 0 Å². The van der Waals surface area contributed by atoms with Gasteiger partial charge in [0.05, 0.1) is 12.6 Å². The molecule has 0 aromatic carbocycles. The minimum absolute atomic E-state index is 0.00593. The van der Waals surface area contributed by atoms with Gasteiger partial charge in [-0.25, -0.2) is 4.79 Å². The van der Waals surface area contributed by atoms with E-state index in [9.17, 15) is 9.59 Å². The Labute approximate surface area is 125 Å². The summed E-state index contributed by atoms with van der Waals surface area (Å²) in [7, 11) is 0. The number of carboxylic acids is 1. The number of ether oxygens (including phenoxy) is 1. The first-order valence-electron chi connectivity index (χ1n) is 7.89. The van der Waals surface area contributed by atoms with Gasteiger partial charge < -0.3 is 20.1 Å². The van der Waals surface area contributed by atoms with Crippen LogP contribution in [-0.2, 0) is 9.53 Å². The second-order valence-electron chi connectivity index (χ2n) is 6.24. The Kier molecular flexibility index (Phi) is 5.45. The van der Waals surface area contributed by atoms with Crippen LogP contribution < -0.4 is 5.32 Å². The van der Waals surface area contributed by atoms with E-state index in [1.54, 1.807) is 0 Å². The lowest BCUT2D eigenvalue weighted by Crippen LogP contribution is -2.53. The van der Waals surface area contributed by atoms with Crippen LogP contribution in [0.25, 0.3) is 0 Å². The van der Waals surface area contributed by atoms with Crippen LogP contribution in [0.2, 0.25) is 0 Å². The number of amides is 2. The molecular weight excluding hydrogens is 272 g/mol. The molecule has 6 heteroatoms. The predicted molar refractivity (Wildman–Crippen MR) is 78.1 cm³/mol. The summed E-state index contributed by atoms with van der Waals surface area (Å²) in [4.78, 5) is 25.2. The summed E-state index contributed by atoms with van der Waals surface area (Å²) in [5.74, 6) is -0.521. The molecule has 3 atom stereocenters. The van der Waals surface area contributed by atoms with Crippen molar-refractivity contribution in [2.45, 2.75) is 64.1 Å². The van der Waals surface area contributed by atoms with Crippen molar-refractivity contribution in [1.82, 2.24) is 10.2 Å². The second-order valence-corrected chi connectivity index (χ2v) is 6.24. The molecule has 0 spiro atoms. The molecule has 0 aromatic rings. The molecule has 0 aromatic heterocycles. The van der Waals surface area contributed by atoms with Gasteiger partial charge in [0.15, 0.2) is 0 Å². The third-order valence-corrected chi connectivity index (χ3v) is 4.47. The van der Waals surface area contributed by atoms with Crippen molar-refractivity contribution in [3.8, 4) is 0 Å². The lowest BCUT2D eigenvalue weighted by Gasteiger charge is -2.39. The molecule has 2 rings (SSSR count). The quantitative estimate of drug-likeness (QED) is 0.784. The number of nitrogens with one attached hydrogen (secondary N) is 1. The van der Waals surface area contributed by atoms with Crippen LogP contribution in [0, 0.1) is 5.92 Å². The number of carbonyl (C=O) groups excluding carboxylic acids is 1. The molecule has 0 aliphatic carbocycles. The molecule has 0 radical (unpaired) electrons. The van der Waals surface area contributed by atoms with Crippen LogP contribution in [0.4, 0.5) is 4.79 Å². The maximum absolute atomic E-state index is 12.4. The van der Waals surface area contributed by atoms with Crippen LogP contribution in [-0.4, -0.2) is 53.3 Å². The fourth-order valence-electron chi connectivity index (χ4n) is 3.66. The van der Waals surface area contributed by atoms with Crippen LogP contribution in [0.5, 0.6) is 0 Å². The van der Waals surface area contributed by atoms with Gasteiger partial charge in [0.25, 0.3) is 0 Å². The molecule has 2 N–H and O–H groups in total. The molecule has 3 unspecified atom stereocenters. The molecule has 2 heterocycles. The lowest BCUT2D eigenvalue weighted by atomic mass is 9.88. The Morgan fingerprint density at radius 3 is 2.48 bits per heavy atom. The van der Waals surface area contributed by atoms with E-state index < -0.39 is 5.97 Å². The average Bonchev–Trinajstić information content (AvgIpc) is 2.68. The normalized spacial score (nSPS) is 29.2. The molecule has 21 heavy (non-hydrogen) atoms. The summed E-state index contributed by atoms with van der Waals surface area (Å²) in [5, 5.41) is 11.9. The highest BCUT2D eigenvalue weighted by Gasteiger charge is 2.43. The van der Waals surface area contributed by atoms with Crippen LogP contribution in [0.15, 0.2) is 0 Å². The third-order valence-electron chi connectivity index (χ3n) is 4.47. The Bertz CT molecular complexity index is 374. The highest BCUT2D eigenvalue weighted by atomic mass is 16.5. The average molecular weight is 298 g/mol. The van der Waals surface area contributed by atoms with Crippen LogP contribution in [0.3, 0.4) is 0 Å². The van der Waals surface area contributed by atoms with Crippen LogP contribution in [0.1, 0.15) is 46.0 Å². The summed E-state index contributed by atoms with van der Waals surface area (Å²) < 4.78 is 5.32. The number of piperidine rings is 1. The van der Waals surface area contributed by atoms with Crippen molar-refractivity contribution in [1.29, 1.82) is 0 Å².